The summed E-state index contributed by atoms with van der Waals surface area (Å²) in [5, 5.41) is 12.9. The van der Waals surface area contributed by atoms with E-state index in [0.717, 1.165) is 31.4 Å². The molecule has 0 heterocycles. The van der Waals surface area contributed by atoms with Crippen molar-refractivity contribution in [2.75, 3.05) is 5.32 Å². The number of sulfonamides is 1. The minimum absolute atomic E-state index is 0.124. The Labute approximate surface area is 126 Å². The first kappa shape index (κ1) is 16.3. The topological polar surface area (TPSA) is 78.4 Å². The van der Waals surface area contributed by atoms with E-state index >= 15 is 0 Å². The second kappa shape index (κ2) is 6.77. The van der Waals surface area contributed by atoms with Gasteiger partial charge in [0, 0.05) is 17.8 Å². The van der Waals surface area contributed by atoms with Crippen LogP contribution in [0.25, 0.3) is 0 Å². The van der Waals surface area contributed by atoms with Gasteiger partial charge in [-0.2, -0.15) is 0 Å². The summed E-state index contributed by atoms with van der Waals surface area (Å²) in [6, 6.07) is 7.04. The number of hydrogen-bond donors (Lipinski definition) is 3. The highest BCUT2D eigenvalue weighted by Gasteiger charge is 2.19. The first-order chi connectivity index (χ1) is 9.87. The molecule has 6 heteroatoms. The van der Waals surface area contributed by atoms with E-state index < -0.39 is 10.0 Å². The van der Waals surface area contributed by atoms with Crippen LogP contribution in [0, 0.1) is 0 Å². The summed E-state index contributed by atoms with van der Waals surface area (Å²) in [6.45, 7) is 3.59. The van der Waals surface area contributed by atoms with E-state index in [-0.39, 0.29) is 17.0 Å². The van der Waals surface area contributed by atoms with Gasteiger partial charge in [-0.25, -0.2) is 13.1 Å². The molecule has 1 aliphatic carbocycles. The molecule has 21 heavy (non-hydrogen) atoms. The number of rotatable bonds is 5. The molecule has 0 unspecified atom stereocenters. The first-order valence-electron chi connectivity index (χ1n) is 7.44. The average molecular weight is 312 g/mol. The molecule has 0 saturated heterocycles. The van der Waals surface area contributed by atoms with Gasteiger partial charge >= 0.3 is 0 Å². The van der Waals surface area contributed by atoms with Gasteiger partial charge in [-0.3, -0.25) is 0 Å². The molecule has 0 aliphatic heterocycles. The van der Waals surface area contributed by atoms with E-state index in [9.17, 15) is 13.5 Å². The highest BCUT2D eigenvalue weighted by Crippen LogP contribution is 2.23. The number of anilines is 1. The van der Waals surface area contributed by atoms with Crippen LogP contribution in [-0.4, -0.2) is 31.7 Å². The molecule has 1 aliphatic rings. The molecule has 118 valence electrons. The van der Waals surface area contributed by atoms with Gasteiger partial charge in [-0.05, 0) is 63.8 Å². The van der Waals surface area contributed by atoms with Gasteiger partial charge in [0.25, 0.3) is 0 Å². The largest absolute Gasteiger partial charge is 0.393 e. The Bertz CT molecular complexity index is 547. The van der Waals surface area contributed by atoms with Crippen LogP contribution in [0.15, 0.2) is 29.2 Å². The quantitative estimate of drug-likeness (QED) is 0.778. The molecule has 0 bridgehead atoms. The minimum atomic E-state index is -3.43. The molecule has 0 amide bonds. The maximum Gasteiger partial charge on any atom is 0.240 e. The molecule has 1 aromatic rings. The van der Waals surface area contributed by atoms with E-state index in [1.54, 1.807) is 38.1 Å². The van der Waals surface area contributed by atoms with Gasteiger partial charge in [0.05, 0.1) is 11.0 Å². The Morgan fingerprint density at radius 3 is 2.19 bits per heavy atom. The van der Waals surface area contributed by atoms with Gasteiger partial charge in [0.2, 0.25) is 10.0 Å². The smallest absolute Gasteiger partial charge is 0.240 e. The standard InChI is InChI=1S/C15H24N2O3S/c1-11(2)17-21(19,20)15-9-5-13(6-10-15)16-12-3-7-14(18)8-4-12/h5-6,9-12,14,16-18H,3-4,7-8H2,1-2H3. The summed E-state index contributed by atoms with van der Waals surface area (Å²) in [5.41, 5.74) is 0.917. The van der Waals surface area contributed by atoms with Crippen LogP contribution in [0.3, 0.4) is 0 Å². The number of nitrogens with one attached hydrogen (secondary N) is 2. The third kappa shape index (κ3) is 4.69. The van der Waals surface area contributed by atoms with Crippen molar-refractivity contribution in [2.45, 2.75) is 62.6 Å². The number of aliphatic hydroxyl groups excluding tert-OH is 1. The molecule has 0 atom stereocenters. The van der Waals surface area contributed by atoms with Crippen molar-refractivity contribution in [3.63, 3.8) is 0 Å². The minimum Gasteiger partial charge on any atom is -0.393 e. The first-order valence-corrected chi connectivity index (χ1v) is 8.92. The van der Waals surface area contributed by atoms with Crippen molar-refractivity contribution in [3.8, 4) is 0 Å². The number of aliphatic hydroxyl groups is 1. The van der Waals surface area contributed by atoms with Crippen LogP contribution >= 0.6 is 0 Å². The predicted octanol–water partition coefficient (Wildman–Crippen LogP) is 2.09. The highest BCUT2D eigenvalue weighted by atomic mass is 32.2. The fourth-order valence-electron chi connectivity index (χ4n) is 2.56. The molecule has 0 radical (unpaired) electrons. The second-order valence-corrected chi connectivity index (χ2v) is 7.66. The number of hydrogen-bond acceptors (Lipinski definition) is 4. The van der Waals surface area contributed by atoms with E-state index in [1.165, 1.54) is 0 Å². The summed E-state index contributed by atoms with van der Waals surface area (Å²) in [4.78, 5) is 0.279. The van der Waals surface area contributed by atoms with Crippen molar-refractivity contribution in [3.05, 3.63) is 24.3 Å². The fourth-order valence-corrected chi connectivity index (χ4v) is 3.82. The van der Waals surface area contributed by atoms with Crippen molar-refractivity contribution in [2.24, 2.45) is 0 Å². The Hall–Kier alpha value is -1.11. The summed E-state index contributed by atoms with van der Waals surface area (Å²) < 4.78 is 26.6. The third-order valence-corrected chi connectivity index (χ3v) is 5.30. The lowest BCUT2D eigenvalue weighted by molar-refractivity contribution is 0.126. The van der Waals surface area contributed by atoms with Gasteiger partial charge in [-0.1, -0.05) is 0 Å². The Kier molecular flexibility index (Phi) is 5.24. The van der Waals surface area contributed by atoms with Gasteiger partial charge in [0.15, 0.2) is 0 Å². The van der Waals surface area contributed by atoms with Crippen LogP contribution in [0.5, 0.6) is 0 Å². The lowest BCUT2D eigenvalue weighted by Gasteiger charge is -2.27. The lowest BCUT2D eigenvalue weighted by Crippen LogP contribution is -2.30. The molecule has 3 N–H and O–H groups in total. The van der Waals surface area contributed by atoms with Gasteiger partial charge in [0.1, 0.15) is 0 Å². The molecule has 1 saturated carbocycles. The Morgan fingerprint density at radius 1 is 1.10 bits per heavy atom. The molecular weight excluding hydrogens is 288 g/mol. The van der Waals surface area contributed by atoms with E-state index in [1.807, 2.05) is 0 Å². The van der Waals surface area contributed by atoms with E-state index in [4.69, 9.17) is 0 Å². The average Bonchev–Trinajstić information content (AvgIpc) is 2.41. The SMILES string of the molecule is CC(C)NS(=O)(=O)c1ccc(NC2CCC(O)CC2)cc1. The zero-order valence-electron chi connectivity index (χ0n) is 12.5. The normalized spacial score (nSPS) is 23.2. The van der Waals surface area contributed by atoms with Crippen molar-refractivity contribution < 1.29 is 13.5 Å². The molecule has 0 spiro atoms. The van der Waals surface area contributed by atoms with Crippen molar-refractivity contribution in [1.82, 2.24) is 4.72 Å². The summed E-state index contributed by atoms with van der Waals surface area (Å²) >= 11 is 0. The molecule has 0 aromatic heterocycles. The third-order valence-electron chi connectivity index (χ3n) is 3.62. The highest BCUT2D eigenvalue weighted by molar-refractivity contribution is 7.89. The van der Waals surface area contributed by atoms with Crippen LogP contribution in [0.1, 0.15) is 39.5 Å². The van der Waals surface area contributed by atoms with Crippen LogP contribution in [-0.2, 0) is 10.0 Å². The van der Waals surface area contributed by atoms with Crippen LogP contribution in [0.2, 0.25) is 0 Å². The zero-order valence-corrected chi connectivity index (χ0v) is 13.4. The van der Waals surface area contributed by atoms with Crippen molar-refractivity contribution >= 4 is 15.7 Å². The Morgan fingerprint density at radius 2 is 1.67 bits per heavy atom. The molecule has 1 fully saturated rings. The maximum absolute atomic E-state index is 12.0. The second-order valence-electron chi connectivity index (χ2n) is 5.95. The van der Waals surface area contributed by atoms with E-state index in [2.05, 4.69) is 10.0 Å². The molecular formula is C15H24N2O3S. The van der Waals surface area contributed by atoms with Gasteiger partial charge in [-0.15, -0.1) is 0 Å². The van der Waals surface area contributed by atoms with E-state index in [0.29, 0.717) is 6.04 Å². The van der Waals surface area contributed by atoms with Crippen molar-refractivity contribution in [1.29, 1.82) is 0 Å². The zero-order chi connectivity index (χ0) is 15.5. The monoisotopic (exact) mass is 312 g/mol. The molecule has 5 nitrogen and oxygen atoms in total. The molecule has 1 aromatic carbocycles. The summed E-state index contributed by atoms with van der Waals surface area (Å²) in [6.07, 6.45) is 3.36. The lowest BCUT2D eigenvalue weighted by atomic mass is 9.93. The summed E-state index contributed by atoms with van der Waals surface area (Å²) in [5.74, 6) is 0. The summed E-state index contributed by atoms with van der Waals surface area (Å²) in [7, 11) is -3.43. The maximum atomic E-state index is 12.0. The number of benzene rings is 1. The fraction of sp³-hybridized carbons (Fsp3) is 0.600. The van der Waals surface area contributed by atoms with Gasteiger partial charge < -0.3 is 10.4 Å². The molecule has 2 rings (SSSR count). The predicted molar refractivity (Wildman–Crippen MR) is 83.8 cm³/mol. The van der Waals surface area contributed by atoms with Crippen LogP contribution in [0.4, 0.5) is 5.69 Å². The Balaban J connectivity index is 1.99. The van der Waals surface area contributed by atoms with Crippen LogP contribution < -0.4 is 10.0 Å².